The van der Waals surface area contributed by atoms with E-state index in [4.69, 9.17) is 4.74 Å². The monoisotopic (exact) mass is 343 g/mol. The normalized spacial score (nSPS) is 29.1. The summed E-state index contributed by atoms with van der Waals surface area (Å²) < 4.78 is 49.1. The molecule has 3 rings (SSSR count). The van der Waals surface area contributed by atoms with Gasteiger partial charge in [-0.15, -0.1) is 0 Å². The van der Waals surface area contributed by atoms with Gasteiger partial charge in [0.25, 0.3) is 0 Å². The third-order valence-corrected chi connectivity index (χ3v) is 4.38. The second kappa shape index (κ2) is 6.23. The van der Waals surface area contributed by atoms with Gasteiger partial charge >= 0.3 is 11.9 Å². The number of rotatable bonds is 5. The van der Waals surface area contributed by atoms with Crippen molar-refractivity contribution < 1.29 is 22.7 Å². The average Bonchev–Trinajstić information content (AvgIpc) is 3.37. The number of pyridine rings is 1. The van der Waals surface area contributed by atoms with Crippen LogP contribution in [0.5, 0.6) is 5.88 Å². The van der Waals surface area contributed by atoms with Crippen LogP contribution in [0.2, 0.25) is 0 Å². The summed E-state index contributed by atoms with van der Waals surface area (Å²) in [4.78, 5) is 15.5. The molecule has 1 amide bonds. The minimum absolute atomic E-state index is 0.0105. The van der Waals surface area contributed by atoms with Gasteiger partial charge in [-0.2, -0.15) is 13.2 Å². The van der Waals surface area contributed by atoms with Crippen LogP contribution in [0, 0.1) is 0 Å². The Bertz CT molecular complexity index is 624. The van der Waals surface area contributed by atoms with Crippen molar-refractivity contribution in [3.8, 4) is 5.88 Å². The van der Waals surface area contributed by atoms with E-state index in [2.05, 4.69) is 10.3 Å². The van der Waals surface area contributed by atoms with Crippen LogP contribution in [0.3, 0.4) is 0 Å². The summed E-state index contributed by atoms with van der Waals surface area (Å²) >= 11 is 0. The van der Waals surface area contributed by atoms with Crippen molar-refractivity contribution in [3.05, 3.63) is 23.9 Å². The van der Waals surface area contributed by atoms with Crippen molar-refractivity contribution in [2.45, 2.75) is 56.5 Å². The fourth-order valence-corrected chi connectivity index (χ4v) is 2.83. The van der Waals surface area contributed by atoms with Crippen LogP contribution in [-0.2, 0) is 4.79 Å². The first kappa shape index (κ1) is 17.0. The number of hydrogen-bond donors (Lipinski definition) is 2. The van der Waals surface area contributed by atoms with Crippen LogP contribution in [0.4, 0.5) is 13.2 Å². The van der Waals surface area contributed by atoms with Gasteiger partial charge in [0, 0.05) is 24.7 Å². The number of nitrogens with zero attached hydrogens (tertiary/aromatic N) is 1. The Balaban J connectivity index is 1.91. The van der Waals surface area contributed by atoms with Crippen molar-refractivity contribution >= 4 is 5.91 Å². The molecule has 2 aliphatic rings. The summed E-state index contributed by atoms with van der Waals surface area (Å²) in [5.74, 6) is -3.90. The Morgan fingerprint density at radius 3 is 2.83 bits per heavy atom. The van der Waals surface area contributed by atoms with Crippen LogP contribution in [-0.4, -0.2) is 35.4 Å². The van der Waals surface area contributed by atoms with E-state index in [-0.39, 0.29) is 31.2 Å². The van der Waals surface area contributed by atoms with Gasteiger partial charge in [0.2, 0.25) is 11.8 Å². The molecule has 1 aliphatic carbocycles. The lowest BCUT2D eigenvalue weighted by atomic mass is 9.97. The largest absolute Gasteiger partial charge is 0.432 e. The first-order chi connectivity index (χ1) is 11.4. The number of hydrogen-bond acceptors (Lipinski definition) is 4. The molecule has 1 aromatic heterocycles. The van der Waals surface area contributed by atoms with E-state index in [0.717, 1.165) is 12.8 Å². The molecule has 0 aromatic carbocycles. The van der Waals surface area contributed by atoms with Gasteiger partial charge in [-0.25, -0.2) is 4.98 Å². The molecule has 24 heavy (non-hydrogen) atoms. The number of amides is 1. The lowest BCUT2D eigenvalue weighted by Crippen LogP contribution is -2.71. The van der Waals surface area contributed by atoms with Gasteiger partial charge in [0.15, 0.2) is 0 Å². The van der Waals surface area contributed by atoms with E-state index in [1.54, 1.807) is 19.1 Å². The number of carbonyl (C=O) groups excluding carboxylic acids is 1. The van der Waals surface area contributed by atoms with Crippen LogP contribution in [0.1, 0.15) is 44.1 Å². The molecule has 0 radical (unpaired) electrons. The number of ether oxygens (including phenoxy) is 1. The molecule has 5 nitrogen and oxygen atoms in total. The lowest BCUT2D eigenvalue weighted by molar-refractivity contribution is -0.279. The summed E-state index contributed by atoms with van der Waals surface area (Å²) in [7, 11) is 0. The standard InChI is InChI=1S/C16H20F3N3O2/c1-2-13(23)22-12-7-9-21-16(18,19)15(12,17)24-14-11(10-5-6-10)4-3-8-20-14/h3-4,8,10,12,21H,2,5-7,9H2,1H3,(H,22,23)/t12-,15+/m0/s1. The van der Waals surface area contributed by atoms with Crippen LogP contribution in [0.25, 0.3) is 0 Å². The van der Waals surface area contributed by atoms with E-state index in [1.165, 1.54) is 6.20 Å². The van der Waals surface area contributed by atoms with Gasteiger partial charge in [-0.1, -0.05) is 13.0 Å². The molecule has 1 aromatic rings. The number of piperidine rings is 1. The van der Waals surface area contributed by atoms with Crippen LogP contribution >= 0.6 is 0 Å². The summed E-state index contributed by atoms with van der Waals surface area (Å²) in [6, 6.07) is -2.04. The highest BCUT2D eigenvalue weighted by molar-refractivity contribution is 5.76. The Morgan fingerprint density at radius 1 is 1.42 bits per heavy atom. The second-order valence-electron chi connectivity index (χ2n) is 6.18. The molecule has 0 bridgehead atoms. The third kappa shape index (κ3) is 3.07. The quantitative estimate of drug-likeness (QED) is 0.807. The Hall–Kier alpha value is -1.83. The van der Waals surface area contributed by atoms with Gasteiger partial charge in [-0.05, 0) is 31.2 Å². The maximum atomic E-state index is 15.4. The summed E-state index contributed by atoms with van der Waals surface area (Å²) in [6.45, 7) is 1.44. The smallest absolute Gasteiger partial charge is 0.373 e. The fourth-order valence-electron chi connectivity index (χ4n) is 2.83. The lowest BCUT2D eigenvalue weighted by Gasteiger charge is -2.43. The second-order valence-corrected chi connectivity index (χ2v) is 6.18. The number of aromatic nitrogens is 1. The first-order valence-electron chi connectivity index (χ1n) is 8.12. The average molecular weight is 343 g/mol. The molecule has 132 valence electrons. The molecule has 0 spiro atoms. The van der Waals surface area contributed by atoms with Gasteiger partial charge in [0.1, 0.15) is 6.04 Å². The molecule has 1 saturated carbocycles. The molecule has 2 heterocycles. The number of carbonyl (C=O) groups is 1. The Morgan fingerprint density at radius 2 is 2.17 bits per heavy atom. The maximum absolute atomic E-state index is 15.4. The highest BCUT2D eigenvalue weighted by Crippen LogP contribution is 2.46. The van der Waals surface area contributed by atoms with Crippen molar-refractivity contribution in [1.82, 2.24) is 15.6 Å². The van der Waals surface area contributed by atoms with Crippen molar-refractivity contribution in [2.75, 3.05) is 6.54 Å². The van der Waals surface area contributed by atoms with Crippen LogP contribution in [0.15, 0.2) is 18.3 Å². The van der Waals surface area contributed by atoms with E-state index in [9.17, 15) is 13.6 Å². The van der Waals surface area contributed by atoms with E-state index in [0.29, 0.717) is 5.56 Å². The van der Waals surface area contributed by atoms with Gasteiger partial charge in [0.05, 0.1) is 0 Å². The SMILES string of the molecule is CCC(=O)N[C@H]1CCNC(F)(F)[C@]1(F)Oc1ncccc1C1CC1. The topological polar surface area (TPSA) is 63.2 Å². The molecule has 1 saturated heterocycles. The zero-order chi connectivity index (χ0) is 17.4. The summed E-state index contributed by atoms with van der Waals surface area (Å²) in [6.07, 6.45) is 3.22. The van der Waals surface area contributed by atoms with Crippen molar-refractivity contribution in [2.24, 2.45) is 0 Å². The zero-order valence-corrected chi connectivity index (χ0v) is 13.3. The molecule has 0 unspecified atom stereocenters. The molecule has 2 fully saturated rings. The third-order valence-electron chi connectivity index (χ3n) is 4.38. The van der Waals surface area contributed by atoms with E-state index in [1.807, 2.05) is 5.32 Å². The van der Waals surface area contributed by atoms with E-state index < -0.39 is 23.9 Å². The van der Waals surface area contributed by atoms with Gasteiger partial charge in [-0.3, -0.25) is 10.1 Å². The number of halogens is 3. The first-order valence-corrected chi connectivity index (χ1v) is 8.12. The predicted molar refractivity (Wildman–Crippen MR) is 80.5 cm³/mol. The zero-order valence-electron chi connectivity index (χ0n) is 13.3. The molecule has 2 atom stereocenters. The van der Waals surface area contributed by atoms with E-state index >= 15 is 4.39 Å². The summed E-state index contributed by atoms with van der Waals surface area (Å²) in [5, 5.41) is 4.15. The minimum Gasteiger partial charge on any atom is -0.432 e. The number of nitrogens with one attached hydrogen (secondary N) is 2. The number of alkyl halides is 3. The molecular weight excluding hydrogens is 323 g/mol. The Kier molecular flexibility index (Phi) is 4.42. The van der Waals surface area contributed by atoms with Crippen molar-refractivity contribution in [3.63, 3.8) is 0 Å². The maximum Gasteiger partial charge on any atom is 0.373 e. The molecular formula is C16H20F3N3O2. The van der Waals surface area contributed by atoms with Crippen molar-refractivity contribution in [1.29, 1.82) is 0 Å². The van der Waals surface area contributed by atoms with Gasteiger partial charge < -0.3 is 10.1 Å². The highest BCUT2D eigenvalue weighted by Gasteiger charge is 2.65. The molecule has 2 N–H and O–H groups in total. The Labute approximate surface area is 138 Å². The van der Waals surface area contributed by atoms with Crippen LogP contribution < -0.4 is 15.4 Å². The predicted octanol–water partition coefficient (Wildman–Crippen LogP) is 2.48. The molecule has 1 aliphatic heterocycles. The minimum atomic E-state index is -3.95. The fraction of sp³-hybridized carbons (Fsp3) is 0.625. The highest BCUT2D eigenvalue weighted by atomic mass is 19.3. The summed E-state index contributed by atoms with van der Waals surface area (Å²) in [5.41, 5.74) is 0.622. The molecule has 8 heteroatoms.